The van der Waals surface area contributed by atoms with Crippen LogP contribution in [0.25, 0.3) is 0 Å². The molecule has 0 bridgehead atoms. The average Bonchev–Trinajstić information content (AvgIpc) is 2.10. The first-order valence-electron chi connectivity index (χ1n) is 6.33. The standard InChI is InChI=1S/C15H26O4/c1-10(11(16)17)15(12(18)19,8-13(2,3)4)9-14(5,6)7/h1,8-9H2,2-7H3,(H,16,17)(H,18,19)/p-2. The van der Waals surface area contributed by atoms with Crippen molar-refractivity contribution in [3.63, 3.8) is 0 Å². The summed E-state index contributed by atoms with van der Waals surface area (Å²) in [6.07, 6.45) is 0.291. The molecule has 110 valence electrons. The van der Waals surface area contributed by atoms with E-state index in [-0.39, 0.29) is 23.7 Å². The minimum Gasteiger partial charge on any atom is -0.549 e. The maximum Gasteiger partial charge on any atom is 0.0678 e. The van der Waals surface area contributed by atoms with Gasteiger partial charge in [0.25, 0.3) is 0 Å². The van der Waals surface area contributed by atoms with Gasteiger partial charge in [-0.05, 0) is 29.2 Å². The SMILES string of the molecule is C=C(C(=O)[O-])C(CC(C)(C)C)(CC(C)(C)C)C(=O)[O-]. The highest BCUT2D eigenvalue weighted by atomic mass is 16.4. The highest BCUT2D eigenvalue weighted by Gasteiger charge is 2.42. The van der Waals surface area contributed by atoms with E-state index >= 15 is 0 Å². The van der Waals surface area contributed by atoms with Crippen LogP contribution >= 0.6 is 0 Å². The molecule has 0 radical (unpaired) electrons. The van der Waals surface area contributed by atoms with Crippen LogP contribution in [-0.2, 0) is 9.59 Å². The molecule has 4 nitrogen and oxygen atoms in total. The molecule has 0 rings (SSSR count). The second-order valence-electron chi connectivity index (χ2n) is 7.61. The lowest BCUT2D eigenvalue weighted by Crippen LogP contribution is -2.51. The lowest BCUT2D eigenvalue weighted by molar-refractivity contribution is -0.324. The van der Waals surface area contributed by atoms with E-state index in [1.54, 1.807) is 0 Å². The lowest BCUT2D eigenvalue weighted by Gasteiger charge is -2.45. The average molecular weight is 268 g/mol. The molecular formula is C15H24O4-2. The number of hydrogen-bond acceptors (Lipinski definition) is 4. The molecule has 0 aromatic rings. The van der Waals surface area contributed by atoms with Crippen molar-refractivity contribution in [1.29, 1.82) is 0 Å². The fourth-order valence-corrected chi connectivity index (χ4v) is 2.55. The van der Waals surface area contributed by atoms with E-state index in [0.717, 1.165) is 0 Å². The summed E-state index contributed by atoms with van der Waals surface area (Å²) in [6.45, 7) is 14.6. The van der Waals surface area contributed by atoms with Gasteiger partial charge in [-0.2, -0.15) is 0 Å². The van der Waals surface area contributed by atoms with E-state index in [9.17, 15) is 19.8 Å². The van der Waals surface area contributed by atoms with Crippen molar-refractivity contribution in [3.8, 4) is 0 Å². The van der Waals surface area contributed by atoms with Gasteiger partial charge in [-0.15, -0.1) is 0 Å². The van der Waals surface area contributed by atoms with E-state index in [1.165, 1.54) is 0 Å². The van der Waals surface area contributed by atoms with Crippen molar-refractivity contribution < 1.29 is 19.8 Å². The van der Waals surface area contributed by atoms with Crippen LogP contribution in [-0.4, -0.2) is 11.9 Å². The fourth-order valence-electron chi connectivity index (χ4n) is 2.55. The van der Waals surface area contributed by atoms with E-state index in [4.69, 9.17) is 0 Å². The lowest BCUT2D eigenvalue weighted by atomic mass is 9.63. The molecule has 0 fully saturated rings. The number of carboxylic acids is 2. The molecule has 0 atom stereocenters. The Balaban J connectivity index is 5.83. The highest BCUT2D eigenvalue weighted by molar-refractivity contribution is 5.94. The molecule has 0 aliphatic rings. The fraction of sp³-hybridized carbons (Fsp3) is 0.733. The van der Waals surface area contributed by atoms with E-state index in [1.807, 2.05) is 41.5 Å². The Labute approximate surface area is 115 Å². The second kappa shape index (κ2) is 5.35. The summed E-state index contributed by atoms with van der Waals surface area (Å²) < 4.78 is 0. The predicted octanol–water partition coefficient (Wildman–Crippen LogP) is 0.901. The number of carbonyl (C=O) groups is 2. The summed E-state index contributed by atoms with van der Waals surface area (Å²) >= 11 is 0. The number of aliphatic carboxylic acids is 2. The number of hydrogen-bond donors (Lipinski definition) is 0. The van der Waals surface area contributed by atoms with Crippen LogP contribution in [0, 0.1) is 16.2 Å². The summed E-state index contributed by atoms with van der Waals surface area (Å²) in [6, 6.07) is 0. The molecular weight excluding hydrogens is 244 g/mol. The summed E-state index contributed by atoms with van der Waals surface area (Å²) in [5.74, 6) is -2.93. The van der Waals surface area contributed by atoms with Gasteiger partial charge >= 0.3 is 0 Å². The van der Waals surface area contributed by atoms with Crippen molar-refractivity contribution in [2.24, 2.45) is 16.2 Å². The molecule has 0 N–H and O–H groups in total. The Kier molecular flexibility index (Phi) is 4.98. The minimum absolute atomic E-state index is 0.145. The van der Waals surface area contributed by atoms with Gasteiger partial charge < -0.3 is 19.8 Å². The maximum atomic E-state index is 11.7. The third-order valence-corrected chi connectivity index (χ3v) is 2.88. The molecule has 0 aliphatic carbocycles. The van der Waals surface area contributed by atoms with Gasteiger partial charge in [0.05, 0.1) is 11.9 Å². The first-order chi connectivity index (χ1) is 8.21. The molecule has 0 aromatic carbocycles. The largest absolute Gasteiger partial charge is 0.549 e. The van der Waals surface area contributed by atoms with Gasteiger partial charge in [0, 0.05) is 5.41 Å². The number of carbonyl (C=O) groups excluding carboxylic acids is 2. The van der Waals surface area contributed by atoms with Gasteiger partial charge in [0.15, 0.2) is 0 Å². The first kappa shape index (κ1) is 17.7. The van der Waals surface area contributed by atoms with Gasteiger partial charge in [0.1, 0.15) is 0 Å². The van der Waals surface area contributed by atoms with Crippen LogP contribution in [0.15, 0.2) is 12.2 Å². The molecule has 0 heterocycles. The van der Waals surface area contributed by atoms with Crippen molar-refractivity contribution in [2.45, 2.75) is 54.4 Å². The predicted molar refractivity (Wildman–Crippen MR) is 69.7 cm³/mol. The molecule has 0 amide bonds. The molecule has 0 unspecified atom stereocenters. The van der Waals surface area contributed by atoms with Crippen LogP contribution in [0.1, 0.15) is 54.4 Å². The monoisotopic (exact) mass is 268 g/mol. The van der Waals surface area contributed by atoms with Crippen molar-refractivity contribution >= 4 is 11.9 Å². The Morgan fingerprint density at radius 1 is 0.895 bits per heavy atom. The van der Waals surface area contributed by atoms with Crippen LogP contribution in [0.5, 0.6) is 0 Å². The Bertz CT molecular complexity index is 364. The zero-order chi connectivity index (χ0) is 15.6. The summed E-state index contributed by atoms with van der Waals surface area (Å²) in [7, 11) is 0. The van der Waals surface area contributed by atoms with Crippen LogP contribution in [0.4, 0.5) is 0 Å². The normalized spacial score (nSPS) is 13.2. The third kappa shape index (κ3) is 5.05. The van der Waals surface area contributed by atoms with Gasteiger partial charge in [-0.25, -0.2) is 0 Å². The first-order valence-corrected chi connectivity index (χ1v) is 6.33. The Morgan fingerprint density at radius 3 is 1.37 bits per heavy atom. The van der Waals surface area contributed by atoms with Crippen molar-refractivity contribution in [1.82, 2.24) is 0 Å². The maximum absolute atomic E-state index is 11.7. The van der Waals surface area contributed by atoms with E-state index in [2.05, 4.69) is 6.58 Å². The topological polar surface area (TPSA) is 80.3 Å². The van der Waals surface area contributed by atoms with Gasteiger partial charge in [0.2, 0.25) is 0 Å². The summed E-state index contributed by atoms with van der Waals surface area (Å²) in [5.41, 5.74) is -2.75. The molecule has 19 heavy (non-hydrogen) atoms. The van der Waals surface area contributed by atoms with Crippen LogP contribution in [0.3, 0.4) is 0 Å². The molecule has 4 heteroatoms. The molecule has 0 aliphatic heterocycles. The zero-order valence-corrected chi connectivity index (χ0v) is 12.8. The quantitative estimate of drug-likeness (QED) is 0.694. The number of carboxylic acid groups (broad SMARTS) is 2. The molecule has 0 aromatic heterocycles. The number of rotatable bonds is 5. The van der Waals surface area contributed by atoms with Crippen LogP contribution in [0.2, 0.25) is 0 Å². The third-order valence-electron chi connectivity index (χ3n) is 2.88. The molecule has 0 saturated heterocycles. The van der Waals surface area contributed by atoms with Crippen LogP contribution < -0.4 is 10.2 Å². The highest BCUT2D eigenvalue weighted by Crippen LogP contribution is 2.46. The second-order valence-corrected chi connectivity index (χ2v) is 7.61. The molecule has 0 saturated carbocycles. The summed E-state index contributed by atoms with van der Waals surface area (Å²) in [5, 5.41) is 22.8. The van der Waals surface area contributed by atoms with Gasteiger partial charge in [-0.1, -0.05) is 48.1 Å². The molecule has 0 spiro atoms. The van der Waals surface area contributed by atoms with Gasteiger partial charge in [-0.3, -0.25) is 0 Å². The Hall–Kier alpha value is -1.32. The zero-order valence-electron chi connectivity index (χ0n) is 12.8. The van der Waals surface area contributed by atoms with Crippen molar-refractivity contribution in [2.75, 3.05) is 0 Å². The minimum atomic E-state index is -1.60. The van der Waals surface area contributed by atoms with E-state index in [0.29, 0.717) is 0 Å². The summed E-state index contributed by atoms with van der Waals surface area (Å²) in [4.78, 5) is 22.8. The van der Waals surface area contributed by atoms with E-state index < -0.39 is 22.9 Å². The smallest absolute Gasteiger partial charge is 0.0678 e. The van der Waals surface area contributed by atoms with Crippen molar-refractivity contribution in [3.05, 3.63) is 12.2 Å². The Morgan fingerprint density at radius 2 is 1.21 bits per heavy atom.